The lowest BCUT2D eigenvalue weighted by molar-refractivity contribution is -0.124. The normalized spacial score (nSPS) is 16.2. The summed E-state index contributed by atoms with van der Waals surface area (Å²) in [6, 6.07) is 5.79. The maximum absolute atomic E-state index is 13.0. The van der Waals surface area contributed by atoms with Crippen molar-refractivity contribution < 1.29 is 9.59 Å². The molecule has 0 unspecified atom stereocenters. The van der Waals surface area contributed by atoms with Gasteiger partial charge in [-0.05, 0) is 37.8 Å². The van der Waals surface area contributed by atoms with E-state index in [1.807, 2.05) is 36.9 Å². The average molecular weight is 455 g/mol. The number of fused-ring (bicyclic) bond motifs is 1. The van der Waals surface area contributed by atoms with E-state index in [4.69, 9.17) is 0 Å². The minimum absolute atomic E-state index is 0.0196. The highest BCUT2D eigenvalue weighted by molar-refractivity contribution is 7.22. The summed E-state index contributed by atoms with van der Waals surface area (Å²) >= 11 is 1.26. The molecule has 0 saturated carbocycles. The van der Waals surface area contributed by atoms with E-state index in [0.29, 0.717) is 22.0 Å². The van der Waals surface area contributed by atoms with Crippen LogP contribution in [0.15, 0.2) is 29.3 Å². The van der Waals surface area contributed by atoms with Crippen molar-refractivity contribution in [2.75, 3.05) is 30.4 Å². The van der Waals surface area contributed by atoms with E-state index in [1.165, 1.54) is 22.2 Å². The number of thiazole rings is 1. The summed E-state index contributed by atoms with van der Waals surface area (Å²) in [6.45, 7) is 5.06. The van der Waals surface area contributed by atoms with Crippen LogP contribution in [-0.4, -0.2) is 46.5 Å². The monoisotopic (exact) mass is 454 g/mol. The predicted molar refractivity (Wildman–Crippen MR) is 125 cm³/mol. The number of nitrogens with one attached hydrogen (secondary N) is 2. The van der Waals surface area contributed by atoms with E-state index in [1.54, 1.807) is 7.05 Å². The first kappa shape index (κ1) is 21.9. The molecule has 32 heavy (non-hydrogen) atoms. The third-order valence-corrected chi connectivity index (χ3v) is 6.83. The second-order valence-corrected chi connectivity index (χ2v) is 9.02. The fraction of sp³-hybridized carbons (Fsp3) is 0.409. The number of benzene rings is 1. The summed E-state index contributed by atoms with van der Waals surface area (Å²) in [5.41, 5.74) is 2.75. The van der Waals surface area contributed by atoms with Gasteiger partial charge in [-0.1, -0.05) is 29.5 Å². The molecule has 0 radical (unpaired) electrons. The van der Waals surface area contributed by atoms with Crippen LogP contribution in [0.4, 0.5) is 10.8 Å². The van der Waals surface area contributed by atoms with Crippen molar-refractivity contribution in [1.82, 2.24) is 19.9 Å². The third-order valence-electron chi connectivity index (χ3n) is 5.74. The van der Waals surface area contributed by atoms with Crippen LogP contribution in [0.5, 0.6) is 0 Å². The zero-order valence-corrected chi connectivity index (χ0v) is 19.2. The Balaban J connectivity index is 1.54. The Hall–Kier alpha value is -3.27. The molecule has 3 heterocycles. The van der Waals surface area contributed by atoms with Crippen LogP contribution < -0.4 is 21.1 Å². The number of carbonyl (C=O) groups is 2. The van der Waals surface area contributed by atoms with Crippen molar-refractivity contribution >= 4 is 44.3 Å². The lowest BCUT2D eigenvalue weighted by Crippen LogP contribution is -2.42. The molecule has 1 aliphatic rings. The summed E-state index contributed by atoms with van der Waals surface area (Å²) in [5, 5.41) is 6.28. The molecule has 2 amide bonds. The Morgan fingerprint density at radius 1 is 1.25 bits per heavy atom. The second kappa shape index (κ2) is 9.07. The Labute approximate surface area is 189 Å². The van der Waals surface area contributed by atoms with Crippen LogP contribution in [-0.2, 0) is 16.1 Å². The van der Waals surface area contributed by atoms with E-state index >= 15 is 0 Å². The zero-order valence-electron chi connectivity index (χ0n) is 18.3. The topological polar surface area (TPSA) is 109 Å². The van der Waals surface area contributed by atoms with Crippen LogP contribution >= 0.6 is 11.3 Å². The maximum Gasteiger partial charge on any atom is 0.273 e. The largest absolute Gasteiger partial charge is 0.359 e. The number of rotatable bonds is 5. The summed E-state index contributed by atoms with van der Waals surface area (Å²) in [6.07, 6.45) is 3.08. The SMILES string of the molecule is CNC(=O)[C@@H]1CCCN(c2nc3ncn(CC(=O)Nc4c(C)cccc4C)c(=O)c3s2)C1. The molecule has 0 spiro atoms. The Morgan fingerprint density at radius 3 is 2.72 bits per heavy atom. The minimum atomic E-state index is -0.296. The van der Waals surface area contributed by atoms with Crippen molar-refractivity contribution in [3.63, 3.8) is 0 Å². The van der Waals surface area contributed by atoms with Crippen LogP contribution in [0.2, 0.25) is 0 Å². The minimum Gasteiger partial charge on any atom is -0.359 e. The highest BCUT2D eigenvalue weighted by atomic mass is 32.1. The van der Waals surface area contributed by atoms with E-state index in [-0.39, 0.29) is 29.8 Å². The van der Waals surface area contributed by atoms with Gasteiger partial charge in [-0.15, -0.1) is 0 Å². The van der Waals surface area contributed by atoms with Gasteiger partial charge >= 0.3 is 0 Å². The molecule has 10 heteroatoms. The van der Waals surface area contributed by atoms with Crippen LogP contribution in [0.3, 0.4) is 0 Å². The summed E-state index contributed by atoms with van der Waals surface area (Å²) in [7, 11) is 1.64. The molecule has 1 aromatic carbocycles. The third kappa shape index (κ3) is 4.36. The van der Waals surface area contributed by atoms with Gasteiger partial charge < -0.3 is 15.5 Å². The number of anilines is 2. The van der Waals surface area contributed by atoms with Gasteiger partial charge in [0.25, 0.3) is 5.56 Å². The fourth-order valence-corrected chi connectivity index (χ4v) is 5.00. The molecular weight excluding hydrogens is 428 g/mol. The number of carbonyl (C=O) groups excluding carboxylic acids is 2. The van der Waals surface area contributed by atoms with Crippen molar-refractivity contribution in [3.05, 3.63) is 46.0 Å². The molecule has 4 rings (SSSR count). The second-order valence-electron chi connectivity index (χ2n) is 8.04. The Morgan fingerprint density at radius 2 is 2.00 bits per heavy atom. The van der Waals surface area contributed by atoms with E-state index in [0.717, 1.165) is 36.2 Å². The number of para-hydroxylation sites is 1. The van der Waals surface area contributed by atoms with E-state index in [2.05, 4.69) is 20.6 Å². The maximum atomic E-state index is 13.0. The van der Waals surface area contributed by atoms with Crippen LogP contribution in [0, 0.1) is 19.8 Å². The smallest absolute Gasteiger partial charge is 0.273 e. The van der Waals surface area contributed by atoms with Gasteiger partial charge in [-0.25, -0.2) is 4.98 Å². The highest BCUT2D eigenvalue weighted by Crippen LogP contribution is 2.29. The van der Waals surface area contributed by atoms with Gasteiger partial charge in [-0.2, -0.15) is 4.98 Å². The van der Waals surface area contributed by atoms with Crippen molar-refractivity contribution in [1.29, 1.82) is 0 Å². The van der Waals surface area contributed by atoms with Gasteiger partial charge in [0.2, 0.25) is 11.8 Å². The molecule has 0 bridgehead atoms. The highest BCUT2D eigenvalue weighted by Gasteiger charge is 2.27. The molecule has 1 fully saturated rings. The zero-order chi connectivity index (χ0) is 22.8. The summed E-state index contributed by atoms with van der Waals surface area (Å²) < 4.78 is 1.71. The van der Waals surface area contributed by atoms with Gasteiger partial charge in [0.05, 0.1) is 5.92 Å². The number of aromatic nitrogens is 3. The number of nitrogens with zero attached hydrogens (tertiary/aromatic N) is 4. The number of aryl methyl sites for hydroxylation is 2. The molecule has 168 valence electrons. The van der Waals surface area contributed by atoms with E-state index < -0.39 is 0 Å². The first-order chi connectivity index (χ1) is 15.4. The molecular formula is C22H26N6O3S. The average Bonchev–Trinajstić information content (AvgIpc) is 3.23. The van der Waals surface area contributed by atoms with Gasteiger partial charge in [0.15, 0.2) is 10.8 Å². The predicted octanol–water partition coefficient (Wildman–Crippen LogP) is 2.07. The molecule has 3 aromatic rings. The summed E-state index contributed by atoms with van der Waals surface area (Å²) in [4.78, 5) is 48.5. The van der Waals surface area contributed by atoms with Gasteiger partial charge in [0.1, 0.15) is 17.6 Å². The lowest BCUT2D eigenvalue weighted by atomic mass is 9.98. The van der Waals surface area contributed by atoms with E-state index in [9.17, 15) is 14.4 Å². The molecule has 1 aliphatic heterocycles. The lowest BCUT2D eigenvalue weighted by Gasteiger charge is -2.31. The Kier molecular flexibility index (Phi) is 6.22. The van der Waals surface area contributed by atoms with Gasteiger partial charge in [-0.3, -0.25) is 19.0 Å². The molecule has 9 nitrogen and oxygen atoms in total. The molecule has 2 aromatic heterocycles. The first-order valence-corrected chi connectivity index (χ1v) is 11.4. The fourth-order valence-electron chi connectivity index (χ4n) is 4.00. The standard InChI is InChI=1S/C22H26N6O3S/c1-13-6-4-7-14(2)17(13)25-16(29)11-28-12-24-19-18(21(28)31)32-22(26-19)27-9-5-8-15(10-27)20(30)23-3/h4,6-7,12,15H,5,8-11H2,1-3H3,(H,23,30)(H,25,29)/t15-/m1/s1. The number of amides is 2. The van der Waals surface area contributed by atoms with Crippen LogP contribution in [0.25, 0.3) is 10.3 Å². The molecule has 1 atom stereocenters. The van der Waals surface area contributed by atoms with Crippen molar-refractivity contribution in [2.45, 2.75) is 33.2 Å². The van der Waals surface area contributed by atoms with Gasteiger partial charge in [0, 0.05) is 25.8 Å². The number of hydrogen-bond acceptors (Lipinski definition) is 7. The molecule has 2 N–H and O–H groups in total. The van der Waals surface area contributed by atoms with Crippen LogP contribution in [0.1, 0.15) is 24.0 Å². The quantitative estimate of drug-likeness (QED) is 0.611. The molecule has 1 saturated heterocycles. The summed E-state index contributed by atoms with van der Waals surface area (Å²) in [5.74, 6) is -0.370. The Bertz CT molecular complexity index is 1210. The van der Waals surface area contributed by atoms with Crippen molar-refractivity contribution in [2.24, 2.45) is 5.92 Å². The number of piperidine rings is 1. The van der Waals surface area contributed by atoms with Crippen molar-refractivity contribution in [3.8, 4) is 0 Å². The molecule has 0 aliphatic carbocycles. The number of hydrogen-bond donors (Lipinski definition) is 2. The first-order valence-electron chi connectivity index (χ1n) is 10.6.